The van der Waals surface area contributed by atoms with E-state index in [9.17, 15) is 14.0 Å². The Morgan fingerprint density at radius 1 is 1.10 bits per heavy atom. The predicted molar refractivity (Wildman–Crippen MR) is 113 cm³/mol. The van der Waals surface area contributed by atoms with Gasteiger partial charge in [0.15, 0.2) is 0 Å². The average molecular weight is 411 g/mol. The van der Waals surface area contributed by atoms with Gasteiger partial charge in [-0.1, -0.05) is 30.3 Å². The van der Waals surface area contributed by atoms with E-state index in [1.165, 1.54) is 11.0 Å². The normalized spacial score (nSPS) is 19.3. The summed E-state index contributed by atoms with van der Waals surface area (Å²) in [5.74, 6) is -1.25. The number of carbonyl (C=O) groups is 2. The second-order valence-electron chi connectivity index (χ2n) is 7.78. The van der Waals surface area contributed by atoms with Crippen LogP contribution in [0.3, 0.4) is 0 Å². The van der Waals surface area contributed by atoms with E-state index in [1.807, 2.05) is 18.2 Å². The molecule has 158 valence electrons. The average Bonchev–Trinajstić information content (AvgIpc) is 3.16. The predicted octanol–water partition coefficient (Wildman–Crippen LogP) is 2.67. The second kappa shape index (κ2) is 8.83. The lowest BCUT2D eigenvalue weighted by Gasteiger charge is -2.31. The third-order valence-electron chi connectivity index (χ3n) is 5.74. The fraction of sp³-hybridized carbons (Fsp3) is 0.391. The van der Waals surface area contributed by atoms with E-state index in [0.717, 1.165) is 24.3 Å². The summed E-state index contributed by atoms with van der Waals surface area (Å²) in [7, 11) is 1.76. The molecule has 2 fully saturated rings. The van der Waals surface area contributed by atoms with Gasteiger partial charge in [-0.3, -0.25) is 9.59 Å². The van der Waals surface area contributed by atoms with Gasteiger partial charge in [-0.15, -0.1) is 0 Å². The first-order valence-electron chi connectivity index (χ1n) is 10.2. The summed E-state index contributed by atoms with van der Waals surface area (Å²) in [6, 6.07) is 14.2. The molecule has 0 radical (unpaired) electrons. The van der Waals surface area contributed by atoms with Gasteiger partial charge in [-0.2, -0.15) is 0 Å². The number of ether oxygens (including phenoxy) is 1. The van der Waals surface area contributed by atoms with Gasteiger partial charge < -0.3 is 19.4 Å². The monoisotopic (exact) mass is 411 g/mol. The minimum Gasteiger partial charge on any atom is -0.378 e. The van der Waals surface area contributed by atoms with Crippen molar-refractivity contribution in [3.63, 3.8) is 0 Å². The molecule has 2 saturated heterocycles. The smallest absolute Gasteiger partial charge is 0.228 e. The van der Waals surface area contributed by atoms with Gasteiger partial charge in [-0.25, -0.2) is 4.39 Å². The largest absolute Gasteiger partial charge is 0.378 e. The molecule has 0 unspecified atom stereocenters. The maximum absolute atomic E-state index is 14.1. The Labute approximate surface area is 175 Å². The molecule has 4 rings (SSSR count). The second-order valence-corrected chi connectivity index (χ2v) is 7.78. The fourth-order valence-electron chi connectivity index (χ4n) is 4.18. The summed E-state index contributed by atoms with van der Waals surface area (Å²) in [4.78, 5) is 30.8. The van der Waals surface area contributed by atoms with Crippen molar-refractivity contribution >= 4 is 23.2 Å². The molecule has 30 heavy (non-hydrogen) atoms. The van der Waals surface area contributed by atoms with Gasteiger partial charge in [0.05, 0.1) is 24.8 Å². The number of para-hydroxylation sites is 2. The van der Waals surface area contributed by atoms with Gasteiger partial charge in [0.2, 0.25) is 11.8 Å². The van der Waals surface area contributed by atoms with Crippen LogP contribution in [0, 0.1) is 11.7 Å². The molecule has 0 aliphatic carbocycles. The van der Waals surface area contributed by atoms with Crippen LogP contribution >= 0.6 is 0 Å². The SMILES string of the molecule is CN(Cc1ccccc1N1CCOCC1)C(=O)[C@@H]1CC(=O)N(c2ccccc2F)C1. The summed E-state index contributed by atoms with van der Waals surface area (Å²) in [5.41, 5.74) is 2.40. The number of hydrogen-bond acceptors (Lipinski definition) is 4. The first-order valence-corrected chi connectivity index (χ1v) is 10.2. The number of amides is 2. The molecular weight excluding hydrogens is 385 g/mol. The lowest BCUT2D eigenvalue weighted by atomic mass is 10.1. The third kappa shape index (κ3) is 4.16. The Morgan fingerprint density at radius 3 is 2.50 bits per heavy atom. The van der Waals surface area contributed by atoms with Crippen molar-refractivity contribution in [3.8, 4) is 0 Å². The maximum Gasteiger partial charge on any atom is 0.228 e. The molecule has 0 spiro atoms. The molecule has 2 heterocycles. The van der Waals surface area contributed by atoms with E-state index >= 15 is 0 Å². The van der Waals surface area contributed by atoms with Gasteiger partial charge >= 0.3 is 0 Å². The van der Waals surface area contributed by atoms with Crippen LogP contribution in [-0.2, 0) is 20.9 Å². The van der Waals surface area contributed by atoms with E-state index in [4.69, 9.17) is 4.74 Å². The highest BCUT2D eigenvalue weighted by atomic mass is 19.1. The van der Waals surface area contributed by atoms with Crippen molar-refractivity contribution in [2.45, 2.75) is 13.0 Å². The van der Waals surface area contributed by atoms with Gasteiger partial charge in [0.25, 0.3) is 0 Å². The third-order valence-corrected chi connectivity index (χ3v) is 5.74. The van der Waals surface area contributed by atoms with Crippen LogP contribution in [0.15, 0.2) is 48.5 Å². The van der Waals surface area contributed by atoms with E-state index < -0.39 is 11.7 Å². The number of morpholine rings is 1. The highest BCUT2D eigenvalue weighted by molar-refractivity contribution is 6.00. The molecule has 0 bridgehead atoms. The van der Waals surface area contributed by atoms with Crippen LogP contribution in [0.25, 0.3) is 0 Å². The van der Waals surface area contributed by atoms with E-state index in [0.29, 0.717) is 19.8 Å². The van der Waals surface area contributed by atoms with Gasteiger partial charge in [0.1, 0.15) is 5.82 Å². The molecule has 1 atom stereocenters. The zero-order valence-electron chi connectivity index (χ0n) is 17.1. The molecule has 0 aromatic heterocycles. The number of carbonyl (C=O) groups excluding carboxylic acids is 2. The molecule has 0 saturated carbocycles. The highest BCUT2D eigenvalue weighted by Crippen LogP contribution is 2.29. The van der Waals surface area contributed by atoms with Crippen molar-refractivity contribution in [2.24, 2.45) is 5.92 Å². The highest BCUT2D eigenvalue weighted by Gasteiger charge is 2.37. The van der Waals surface area contributed by atoms with Crippen LogP contribution in [0.1, 0.15) is 12.0 Å². The molecule has 6 nitrogen and oxygen atoms in total. The number of benzene rings is 2. The quantitative estimate of drug-likeness (QED) is 0.759. The van der Waals surface area contributed by atoms with Crippen LogP contribution in [-0.4, -0.2) is 56.6 Å². The van der Waals surface area contributed by atoms with Crippen molar-refractivity contribution < 1.29 is 18.7 Å². The Hall–Kier alpha value is -2.93. The van der Waals surface area contributed by atoms with Crippen LogP contribution in [0.2, 0.25) is 0 Å². The Balaban J connectivity index is 1.45. The molecule has 7 heteroatoms. The summed E-state index contributed by atoms with van der Waals surface area (Å²) in [6.07, 6.45) is 0.0998. The number of nitrogens with zero attached hydrogens (tertiary/aromatic N) is 3. The molecule has 2 aromatic carbocycles. The molecule has 2 aliphatic rings. The van der Waals surface area contributed by atoms with E-state index in [-0.39, 0.29) is 30.5 Å². The topological polar surface area (TPSA) is 53.1 Å². The first-order chi connectivity index (χ1) is 14.5. The Morgan fingerprint density at radius 2 is 1.77 bits per heavy atom. The number of anilines is 2. The Kier molecular flexibility index (Phi) is 5.99. The number of halogens is 1. The van der Waals surface area contributed by atoms with Gasteiger partial charge in [-0.05, 0) is 23.8 Å². The number of hydrogen-bond donors (Lipinski definition) is 0. The van der Waals surface area contributed by atoms with Crippen molar-refractivity contribution in [1.29, 1.82) is 0 Å². The standard InChI is InChI=1S/C23H26FN3O3/c1-25(15-17-6-2-4-8-20(17)26-10-12-30-13-11-26)23(29)18-14-22(28)27(16-18)21-9-5-3-7-19(21)24/h2-9,18H,10-16H2,1H3/t18-/m1/s1. The zero-order chi connectivity index (χ0) is 21.1. The van der Waals surface area contributed by atoms with Crippen molar-refractivity contribution in [2.75, 3.05) is 49.7 Å². The molecular formula is C23H26FN3O3. The maximum atomic E-state index is 14.1. The van der Waals surface area contributed by atoms with Gasteiger partial charge in [0, 0.05) is 45.3 Å². The lowest BCUT2D eigenvalue weighted by molar-refractivity contribution is -0.135. The fourth-order valence-corrected chi connectivity index (χ4v) is 4.18. The van der Waals surface area contributed by atoms with Crippen LogP contribution in [0.5, 0.6) is 0 Å². The molecule has 2 aliphatic heterocycles. The van der Waals surface area contributed by atoms with Crippen molar-refractivity contribution in [1.82, 2.24) is 4.90 Å². The molecule has 0 N–H and O–H groups in total. The van der Waals surface area contributed by atoms with E-state index in [1.54, 1.807) is 30.1 Å². The number of rotatable bonds is 5. The first kappa shape index (κ1) is 20.3. The Bertz CT molecular complexity index is 929. The molecule has 2 amide bonds. The summed E-state index contributed by atoms with van der Waals surface area (Å²) in [5, 5.41) is 0. The zero-order valence-corrected chi connectivity index (χ0v) is 17.1. The molecule has 2 aromatic rings. The summed E-state index contributed by atoms with van der Waals surface area (Å²) >= 11 is 0. The minimum absolute atomic E-state index is 0.0982. The van der Waals surface area contributed by atoms with E-state index in [2.05, 4.69) is 11.0 Å². The summed E-state index contributed by atoms with van der Waals surface area (Å²) < 4.78 is 19.6. The van der Waals surface area contributed by atoms with Crippen LogP contribution in [0.4, 0.5) is 15.8 Å². The summed E-state index contributed by atoms with van der Waals surface area (Å²) in [6.45, 7) is 3.69. The minimum atomic E-state index is -0.474. The lowest BCUT2D eigenvalue weighted by Crippen LogP contribution is -2.38. The van der Waals surface area contributed by atoms with Crippen molar-refractivity contribution in [3.05, 3.63) is 59.9 Å². The van der Waals surface area contributed by atoms with Crippen LogP contribution < -0.4 is 9.80 Å².